The van der Waals surface area contributed by atoms with E-state index in [4.69, 9.17) is 78.9 Å². The lowest BCUT2D eigenvalue weighted by Gasteiger charge is -2.19. The zero-order chi connectivity index (χ0) is 68.4. The zero-order valence-electron chi connectivity index (χ0n) is 52.0. The van der Waals surface area contributed by atoms with Gasteiger partial charge >= 0.3 is 11.7 Å². The monoisotopic (exact) mass is 1400 g/mol. The second-order valence-corrected chi connectivity index (χ2v) is 26.4. The number of aliphatic carboxylic acids is 1. The van der Waals surface area contributed by atoms with Crippen molar-refractivity contribution in [2.24, 2.45) is 5.92 Å². The number of hydrogen-bond acceptors (Lipinski definition) is 18. The fourth-order valence-corrected chi connectivity index (χ4v) is 14.9. The van der Waals surface area contributed by atoms with Crippen molar-refractivity contribution in [1.29, 1.82) is 0 Å². The largest absolute Gasteiger partial charge is 0.489 e. The third kappa shape index (κ3) is 11.3. The number of imidazole rings is 2. The number of aromatic amines is 2. The maximum Gasteiger partial charge on any atom is 0.311 e. The molecule has 0 saturated heterocycles. The van der Waals surface area contributed by atoms with Gasteiger partial charge in [0.2, 0.25) is 17.7 Å². The molecular formula is C72H53Cl3N12O13. The van der Waals surface area contributed by atoms with Crippen LogP contribution in [0.5, 0.6) is 51.7 Å². The van der Waals surface area contributed by atoms with Crippen LogP contribution in [-0.4, -0.2) is 86.9 Å². The Labute approximate surface area is 580 Å². The summed E-state index contributed by atoms with van der Waals surface area (Å²) in [4.78, 5) is 84.7. The molecule has 0 radical (unpaired) electrons. The molecule has 5 aromatic heterocycles. The molecule has 20 rings (SSSR count). The van der Waals surface area contributed by atoms with E-state index >= 15 is 0 Å². The number of carboxylic acid groups (broad SMARTS) is 1. The highest BCUT2D eigenvalue weighted by Gasteiger charge is 2.64. The second-order valence-electron chi connectivity index (χ2n) is 25.1. The number of anilines is 4. The van der Waals surface area contributed by atoms with E-state index in [-0.39, 0.29) is 82.0 Å². The molecular weight excluding hydrogens is 1350 g/mol. The first kappa shape index (κ1) is 62.0. The number of carboxylic acids is 1. The number of aromatic nitrogens is 7. The molecule has 6 aromatic carbocycles. The molecule has 9 atom stereocenters. The number of amides is 3. The number of nitro groups is 1. The third-order valence-corrected chi connectivity index (χ3v) is 20.0. The molecule has 11 aromatic rings. The summed E-state index contributed by atoms with van der Waals surface area (Å²) in [6.07, 6.45) is 7.83. The van der Waals surface area contributed by atoms with E-state index in [1.807, 2.05) is 97.1 Å². The van der Waals surface area contributed by atoms with Crippen LogP contribution < -0.4 is 50.1 Å². The fourth-order valence-electron chi connectivity index (χ4n) is 14.2. The summed E-state index contributed by atoms with van der Waals surface area (Å²) in [6.45, 7) is 0. The number of ether oxygens (including phenoxy) is 6. The Balaban J connectivity index is 0.000000105. The van der Waals surface area contributed by atoms with Crippen molar-refractivity contribution >= 4 is 109 Å². The standard InChI is InChI=1S/2C24H17ClN4O3.C18H14N2O5.C6H5ClN2O2/c2*25-14-2-1-3-15-21(14)29-24(27-15)20-19-13-10-11(4-6-16(13)32-22(19)20)31-17-8-9-26-23-12(17)5-7-18(30)28-23;21-13-4-2-9-12(5-6-19-17(9)20-13)24-8-1-3-11-10(7-8)14-15(18(22)23)16(14)25-11;7-4-2-1-3-5(8)6(4)9(10)11/h2*1-4,6,8-10,19-20,22H,5,7H2,(H,27,29)(H,26,28,30);1,3,5-7,14-16H,2,4H2,(H,22,23)(H,19,20,21);1-3H,8H2. The number of pyridine rings is 3. The zero-order valence-corrected chi connectivity index (χ0v) is 54.3. The van der Waals surface area contributed by atoms with E-state index in [0.29, 0.717) is 89.0 Å². The number of nitrogens with two attached hydrogens (primary N) is 1. The minimum absolute atomic E-state index is 0.0190. The van der Waals surface area contributed by atoms with Crippen molar-refractivity contribution < 1.29 is 57.6 Å². The van der Waals surface area contributed by atoms with Crippen LogP contribution in [0, 0.1) is 16.0 Å². The van der Waals surface area contributed by atoms with Gasteiger partial charge in [-0.25, -0.2) is 24.9 Å². The number of rotatable bonds is 10. The van der Waals surface area contributed by atoms with E-state index in [9.17, 15) is 34.4 Å². The van der Waals surface area contributed by atoms with Gasteiger partial charge in [0.15, 0.2) is 0 Å². The average molecular weight is 1400 g/mol. The number of hydrogen-bond donors (Lipinski definition) is 7. The minimum atomic E-state index is -0.828. The summed E-state index contributed by atoms with van der Waals surface area (Å²) >= 11 is 18.1. The lowest BCUT2D eigenvalue weighted by molar-refractivity contribution is -0.383. The number of nitrogens with one attached hydrogen (secondary N) is 5. The first-order valence-corrected chi connectivity index (χ1v) is 33.2. The highest BCUT2D eigenvalue weighted by Crippen LogP contribution is 2.65. The summed E-state index contributed by atoms with van der Waals surface area (Å²) in [5.41, 5.74) is 14.4. The van der Waals surface area contributed by atoms with Crippen molar-refractivity contribution in [2.75, 3.05) is 21.7 Å². The number of H-pyrrole nitrogens is 2. The molecule has 0 spiro atoms. The van der Waals surface area contributed by atoms with Gasteiger partial charge in [0.1, 0.15) is 127 Å². The van der Waals surface area contributed by atoms with Crippen LogP contribution in [0.25, 0.3) is 22.1 Å². The topological polar surface area (TPSA) is 345 Å². The molecule has 8 N–H and O–H groups in total. The molecule has 3 saturated carbocycles. The van der Waals surface area contributed by atoms with Gasteiger partial charge in [0.25, 0.3) is 0 Å². The SMILES string of the molecule is Nc1cccc(Cl)c1[N+](=O)[O-].O=C1CCc2c(Oc3ccc4c(c3)C3C(O4)C3C(=O)O)ccnc2N1.O=C1CCc2c(Oc3ccc4c(c3)C3C(O4)C3c3nc4c(Cl)cccc4[nH]3)ccnc2N1.O=C1CCc2c(Oc3ccc4c(c3)C3C(O4)C3c3nc4c(Cl)cccc4[nH]3)ccnc2N1. The molecule has 100 heavy (non-hydrogen) atoms. The van der Waals surface area contributed by atoms with Crippen LogP contribution in [0.2, 0.25) is 15.1 Å². The Kier molecular flexibility index (Phi) is 15.2. The summed E-state index contributed by atoms with van der Waals surface area (Å²) < 4.78 is 36.5. The molecule has 500 valence electrons. The van der Waals surface area contributed by atoms with Crippen molar-refractivity contribution in [3.8, 4) is 51.7 Å². The maximum absolute atomic E-state index is 11.7. The van der Waals surface area contributed by atoms with E-state index in [1.165, 1.54) is 12.1 Å². The third-order valence-electron chi connectivity index (χ3n) is 19.1. The number of carbonyl (C=O) groups is 4. The van der Waals surface area contributed by atoms with Gasteiger partial charge in [-0.15, -0.1) is 0 Å². The summed E-state index contributed by atoms with van der Waals surface area (Å²) in [5.74, 6) is 9.49. The van der Waals surface area contributed by atoms with Gasteiger partial charge in [0, 0.05) is 89.0 Å². The van der Waals surface area contributed by atoms with Crippen LogP contribution in [0.4, 0.5) is 28.8 Å². The van der Waals surface area contributed by atoms with Gasteiger partial charge in [0.05, 0.1) is 37.8 Å². The quantitative estimate of drug-likeness (QED) is 0.0380. The lowest BCUT2D eigenvalue weighted by Crippen LogP contribution is -2.20. The highest BCUT2D eigenvalue weighted by atomic mass is 35.5. The fraction of sp³-hybridized carbons (Fsp3) is 0.208. The second kappa shape index (κ2) is 24.5. The lowest BCUT2D eigenvalue weighted by atomic mass is 10.1. The Morgan fingerprint density at radius 1 is 0.510 bits per heavy atom. The van der Waals surface area contributed by atoms with Crippen LogP contribution in [0.3, 0.4) is 0 Å². The first-order valence-electron chi connectivity index (χ1n) is 32.0. The number of fused-ring (bicyclic) bond motifs is 14. The molecule has 3 amide bonds. The van der Waals surface area contributed by atoms with Crippen molar-refractivity contribution in [2.45, 2.75) is 86.4 Å². The Hall–Kier alpha value is -11.5. The van der Waals surface area contributed by atoms with Gasteiger partial charge < -0.3 is 65.2 Å². The van der Waals surface area contributed by atoms with Crippen molar-refractivity contribution in [3.05, 3.63) is 216 Å². The van der Waals surface area contributed by atoms with Gasteiger partial charge in [-0.1, -0.05) is 53.0 Å². The number of halogens is 3. The molecule has 0 bridgehead atoms. The van der Waals surface area contributed by atoms with E-state index in [0.717, 1.165) is 95.8 Å². The molecule has 9 aliphatic rings. The first-order chi connectivity index (χ1) is 48.5. The summed E-state index contributed by atoms with van der Waals surface area (Å²) in [6, 6.07) is 38.6. The molecule has 3 fully saturated rings. The highest BCUT2D eigenvalue weighted by molar-refractivity contribution is 6.35. The molecule has 6 aliphatic heterocycles. The summed E-state index contributed by atoms with van der Waals surface area (Å²) in [5, 5.41) is 29.2. The van der Waals surface area contributed by atoms with Crippen LogP contribution in [0.15, 0.2) is 146 Å². The predicted octanol–water partition coefficient (Wildman–Crippen LogP) is 14.0. The molecule has 11 heterocycles. The molecule has 25 nitrogen and oxygen atoms in total. The summed E-state index contributed by atoms with van der Waals surface area (Å²) in [7, 11) is 0. The van der Waals surface area contributed by atoms with Crippen molar-refractivity contribution in [1.82, 2.24) is 34.9 Å². The van der Waals surface area contributed by atoms with Crippen molar-refractivity contribution in [3.63, 3.8) is 0 Å². The van der Waals surface area contributed by atoms with Gasteiger partial charge in [-0.3, -0.25) is 29.3 Å². The van der Waals surface area contributed by atoms with Gasteiger partial charge in [-0.05, 0) is 128 Å². The number of nitrogen functional groups attached to an aromatic ring is 1. The normalized spacial score (nSPS) is 21.8. The van der Waals surface area contributed by atoms with E-state index in [2.05, 4.69) is 40.9 Å². The Morgan fingerprint density at radius 2 is 0.900 bits per heavy atom. The van der Waals surface area contributed by atoms with E-state index < -0.39 is 16.8 Å². The van der Waals surface area contributed by atoms with Crippen LogP contribution in [0.1, 0.15) is 93.9 Å². The number of nitro benzene ring substituents is 1. The van der Waals surface area contributed by atoms with Crippen LogP contribution >= 0.6 is 34.8 Å². The number of carbonyl (C=O) groups excluding carboxylic acids is 3. The smallest absolute Gasteiger partial charge is 0.311 e. The molecule has 28 heteroatoms. The minimum Gasteiger partial charge on any atom is -0.489 e. The van der Waals surface area contributed by atoms with Crippen LogP contribution in [-0.2, 0) is 38.4 Å². The number of nitrogens with zero attached hydrogens (tertiary/aromatic N) is 6. The van der Waals surface area contributed by atoms with E-state index in [1.54, 1.807) is 36.8 Å². The average Bonchev–Trinajstić information content (AvgIpc) is 1.55. The number of benzene rings is 6. The molecule has 9 unspecified atom stereocenters. The Bertz CT molecular complexity index is 5070. The van der Waals surface area contributed by atoms with Gasteiger partial charge in [-0.2, -0.15) is 0 Å². The number of para-hydroxylation sites is 3. The predicted molar refractivity (Wildman–Crippen MR) is 366 cm³/mol. The molecule has 3 aliphatic carbocycles. The maximum atomic E-state index is 11.7. The Morgan fingerprint density at radius 3 is 1.28 bits per heavy atom.